The van der Waals surface area contributed by atoms with Crippen LogP contribution in [-0.2, 0) is 27.3 Å². The summed E-state index contributed by atoms with van der Waals surface area (Å²) < 4.78 is 11.0. The number of aliphatic carboxylic acids is 1. The fraction of sp³-hybridized carbons (Fsp3) is 0.577. The second-order valence-corrected chi connectivity index (χ2v) is 9.23. The Hall–Kier alpha value is -2.91. The number of amides is 1. The summed E-state index contributed by atoms with van der Waals surface area (Å²) in [7, 11) is 0. The summed E-state index contributed by atoms with van der Waals surface area (Å²) in [5, 5.41) is 11.8. The van der Waals surface area contributed by atoms with Gasteiger partial charge in [0, 0.05) is 37.9 Å². The average molecular weight is 486 g/mol. The number of hydrogen-bond donors (Lipinski definition) is 1. The smallest absolute Gasteiger partial charge is 0.308 e. The summed E-state index contributed by atoms with van der Waals surface area (Å²) >= 11 is 0. The molecule has 1 saturated heterocycles. The number of carboxylic acid groups (broad SMARTS) is 1. The molecule has 4 rings (SSSR count). The molecule has 0 spiro atoms. The number of oxazole rings is 1. The molecule has 0 bridgehead atoms. The first kappa shape index (κ1) is 25.2. The van der Waals surface area contributed by atoms with E-state index in [9.17, 15) is 14.7 Å². The van der Waals surface area contributed by atoms with Crippen LogP contribution in [0.1, 0.15) is 56.0 Å². The van der Waals surface area contributed by atoms with Crippen LogP contribution in [0.3, 0.4) is 0 Å². The number of aryl methyl sites for hydroxylation is 1. The molecule has 190 valence electrons. The number of carboxylic acids is 1. The molecule has 1 amide bonds. The van der Waals surface area contributed by atoms with Crippen LogP contribution < -0.4 is 4.74 Å². The third-order valence-electron chi connectivity index (χ3n) is 6.81. The zero-order chi connectivity index (χ0) is 24.8. The summed E-state index contributed by atoms with van der Waals surface area (Å²) in [6.45, 7) is 6.20. The molecule has 2 aliphatic rings. The highest BCUT2D eigenvalue weighted by atomic mass is 16.7. The highest BCUT2D eigenvalue weighted by Crippen LogP contribution is 2.41. The van der Waals surface area contributed by atoms with Crippen LogP contribution in [-0.4, -0.2) is 70.8 Å². The number of carbonyl (C=O) groups excluding carboxylic acids is 1. The maximum absolute atomic E-state index is 13.2. The SMILES string of the molecule is CCCON(CCC)C(=O)CN1C[C@H](c2ccc3c(c2)CCO3)C(C(=O)O)[C@@H]1CCc1ncco1. The van der Waals surface area contributed by atoms with Crippen LogP contribution >= 0.6 is 0 Å². The van der Waals surface area contributed by atoms with Gasteiger partial charge in [0.25, 0.3) is 5.91 Å². The number of likely N-dealkylation sites (tertiary alicyclic amines) is 1. The van der Waals surface area contributed by atoms with Crippen molar-refractivity contribution in [2.24, 2.45) is 5.92 Å². The molecule has 35 heavy (non-hydrogen) atoms. The van der Waals surface area contributed by atoms with Gasteiger partial charge in [0.2, 0.25) is 0 Å². The first-order valence-corrected chi connectivity index (χ1v) is 12.6. The predicted octanol–water partition coefficient (Wildman–Crippen LogP) is 3.29. The molecule has 3 atom stereocenters. The van der Waals surface area contributed by atoms with Crippen molar-refractivity contribution in [3.8, 4) is 5.75 Å². The van der Waals surface area contributed by atoms with Crippen molar-refractivity contribution in [3.63, 3.8) is 0 Å². The zero-order valence-electron chi connectivity index (χ0n) is 20.5. The largest absolute Gasteiger partial charge is 0.493 e. The number of benzene rings is 1. The second-order valence-electron chi connectivity index (χ2n) is 9.23. The van der Waals surface area contributed by atoms with Gasteiger partial charge in [0.05, 0.1) is 31.9 Å². The highest BCUT2D eigenvalue weighted by molar-refractivity contribution is 5.78. The van der Waals surface area contributed by atoms with Crippen LogP contribution in [0.15, 0.2) is 35.1 Å². The van der Waals surface area contributed by atoms with E-state index in [4.69, 9.17) is 14.0 Å². The molecule has 3 heterocycles. The van der Waals surface area contributed by atoms with Crippen molar-refractivity contribution in [1.82, 2.24) is 14.9 Å². The number of fused-ring (bicyclic) bond motifs is 1. The lowest BCUT2D eigenvalue weighted by Gasteiger charge is -2.28. The van der Waals surface area contributed by atoms with Crippen molar-refractivity contribution >= 4 is 11.9 Å². The summed E-state index contributed by atoms with van der Waals surface area (Å²) in [6.07, 6.45) is 6.54. The van der Waals surface area contributed by atoms with Crippen molar-refractivity contribution in [2.45, 2.75) is 57.9 Å². The Morgan fingerprint density at radius 1 is 1.29 bits per heavy atom. The van der Waals surface area contributed by atoms with Gasteiger partial charge in [-0.05, 0) is 36.5 Å². The standard InChI is InChI=1S/C26H35N3O6/c1-3-11-29(35-12-4-2)24(30)17-28-16-20(18-5-7-22-19(15-18)9-13-33-22)25(26(31)32)21(28)6-8-23-27-10-14-34-23/h5,7,10,14-15,20-21,25H,3-4,6,8-9,11-13,16-17H2,1-2H3,(H,31,32)/t20-,21+,25?/m1/s1. The Kier molecular flexibility index (Phi) is 8.41. The number of ether oxygens (including phenoxy) is 1. The lowest BCUT2D eigenvalue weighted by Crippen LogP contribution is -2.44. The van der Waals surface area contributed by atoms with Gasteiger partial charge in [-0.15, -0.1) is 0 Å². The Balaban J connectivity index is 1.58. The minimum atomic E-state index is -0.855. The minimum absolute atomic E-state index is 0.105. The first-order valence-electron chi connectivity index (χ1n) is 12.6. The molecule has 2 aliphatic heterocycles. The monoisotopic (exact) mass is 485 g/mol. The Morgan fingerprint density at radius 2 is 2.14 bits per heavy atom. The third kappa shape index (κ3) is 5.85. The van der Waals surface area contributed by atoms with Crippen LogP contribution in [0.5, 0.6) is 5.75 Å². The maximum Gasteiger partial charge on any atom is 0.308 e. The molecule has 0 aliphatic carbocycles. The maximum atomic E-state index is 13.2. The summed E-state index contributed by atoms with van der Waals surface area (Å²) in [6, 6.07) is 5.64. The zero-order valence-corrected chi connectivity index (χ0v) is 20.5. The van der Waals surface area contributed by atoms with E-state index in [1.165, 1.54) is 11.3 Å². The van der Waals surface area contributed by atoms with E-state index in [2.05, 4.69) is 11.1 Å². The molecule has 0 radical (unpaired) electrons. The van der Waals surface area contributed by atoms with E-state index in [1.54, 1.807) is 6.20 Å². The minimum Gasteiger partial charge on any atom is -0.493 e. The molecule has 1 aromatic carbocycles. The molecule has 1 aromatic heterocycles. The second kappa shape index (κ2) is 11.7. The van der Waals surface area contributed by atoms with E-state index < -0.39 is 11.9 Å². The van der Waals surface area contributed by atoms with Gasteiger partial charge in [-0.1, -0.05) is 26.0 Å². The fourth-order valence-corrected chi connectivity index (χ4v) is 5.19. The Morgan fingerprint density at radius 3 is 2.86 bits per heavy atom. The number of nitrogens with zero attached hydrogens (tertiary/aromatic N) is 3. The van der Waals surface area contributed by atoms with E-state index in [0.717, 1.165) is 36.1 Å². The number of aromatic nitrogens is 1. The van der Waals surface area contributed by atoms with Gasteiger partial charge in [-0.25, -0.2) is 10.0 Å². The molecular formula is C26H35N3O6. The Labute approximate surface area is 206 Å². The van der Waals surface area contributed by atoms with E-state index >= 15 is 0 Å². The molecular weight excluding hydrogens is 450 g/mol. The topological polar surface area (TPSA) is 105 Å². The molecule has 1 N–H and O–H groups in total. The van der Waals surface area contributed by atoms with Crippen molar-refractivity contribution < 1.29 is 28.7 Å². The van der Waals surface area contributed by atoms with Crippen molar-refractivity contribution in [1.29, 1.82) is 0 Å². The predicted molar refractivity (Wildman–Crippen MR) is 128 cm³/mol. The normalized spacial score (nSPS) is 21.6. The van der Waals surface area contributed by atoms with Gasteiger partial charge in [0.15, 0.2) is 5.89 Å². The van der Waals surface area contributed by atoms with Crippen molar-refractivity contribution in [3.05, 3.63) is 47.7 Å². The lowest BCUT2D eigenvalue weighted by atomic mass is 9.83. The van der Waals surface area contributed by atoms with Crippen LogP contribution in [0.25, 0.3) is 0 Å². The first-order chi connectivity index (χ1) is 17.0. The number of rotatable bonds is 12. The van der Waals surface area contributed by atoms with Crippen LogP contribution in [0.4, 0.5) is 0 Å². The van der Waals surface area contributed by atoms with Crippen LogP contribution in [0.2, 0.25) is 0 Å². The molecule has 2 aromatic rings. The number of carbonyl (C=O) groups is 2. The van der Waals surface area contributed by atoms with Gasteiger partial charge < -0.3 is 14.3 Å². The van der Waals surface area contributed by atoms with E-state index in [0.29, 0.717) is 45.0 Å². The fourth-order valence-electron chi connectivity index (χ4n) is 5.19. The van der Waals surface area contributed by atoms with E-state index in [-0.39, 0.29) is 24.4 Å². The molecule has 1 unspecified atom stereocenters. The average Bonchev–Trinajstić information content (AvgIpc) is 3.59. The van der Waals surface area contributed by atoms with E-state index in [1.807, 2.05) is 30.9 Å². The molecule has 0 saturated carbocycles. The van der Waals surface area contributed by atoms with Gasteiger partial charge in [-0.2, -0.15) is 0 Å². The van der Waals surface area contributed by atoms with Gasteiger partial charge >= 0.3 is 5.97 Å². The Bertz CT molecular complexity index is 995. The molecule has 1 fully saturated rings. The lowest BCUT2D eigenvalue weighted by molar-refractivity contribution is -0.188. The highest BCUT2D eigenvalue weighted by Gasteiger charge is 2.47. The van der Waals surface area contributed by atoms with Gasteiger partial charge in [0.1, 0.15) is 12.0 Å². The summed E-state index contributed by atoms with van der Waals surface area (Å²) in [5.74, 6) is -0.460. The summed E-state index contributed by atoms with van der Waals surface area (Å²) in [4.78, 5) is 37.7. The third-order valence-corrected chi connectivity index (χ3v) is 6.81. The van der Waals surface area contributed by atoms with Crippen LogP contribution in [0, 0.1) is 5.92 Å². The van der Waals surface area contributed by atoms with Gasteiger partial charge in [-0.3, -0.25) is 19.3 Å². The van der Waals surface area contributed by atoms with Crippen molar-refractivity contribution in [2.75, 3.05) is 32.8 Å². The quantitative estimate of drug-likeness (QED) is 0.457. The molecule has 9 heteroatoms. The number of hydroxylamine groups is 2. The number of hydrogen-bond acceptors (Lipinski definition) is 7. The molecule has 9 nitrogen and oxygen atoms in total. The summed E-state index contributed by atoms with van der Waals surface area (Å²) in [5.41, 5.74) is 2.09.